The highest BCUT2D eigenvalue weighted by molar-refractivity contribution is 5.76. The quantitative estimate of drug-likeness (QED) is 0.539. The van der Waals surface area contributed by atoms with E-state index in [2.05, 4.69) is 28.8 Å². The Morgan fingerprint density at radius 2 is 1.86 bits per heavy atom. The molecule has 3 rings (SSSR count). The topological polar surface area (TPSA) is 68.2 Å². The molecule has 0 radical (unpaired) electrons. The maximum atomic E-state index is 11.8. The van der Waals surface area contributed by atoms with Gasteiger partial charge < -0.3 is 4.74 Å². The van der Waals surface area contributed by atoms with E-state index in [-0.39, 0.29) is 0 Å². The lowest BCUT2D eigenvalue weighted by Crippen LogP contribution is -2.22. The second kappa shape index (κ2) is 9.28. The average Bonchev–Trinajstić information content (AvgIpc) is 2.72. The number of anilines is 1. The number of aryl methyl sites for hydroxylation is 1. The molecule has 1 amide bonds. The van der Waals surface area contributed by atoms with Crippen LogP contribution >= 0.6 is 0 Å². The standard InChI is InChI=1S/C23H26N4O2/c1-16(2)10-19-12-24-22(25-13-19)20-7-5-6-18(11-20)14-27(15-28)23-21(29-4)9-8-17(3)26-23/h5-9,11-13,15-16H,10,14H2,1-4H3. The maximum Gasteiger partial charge on any atom is 0.215 e. The van der Waals surface area contributed by atoms with Crippen molar-refractivity contribution in [3.05, 3.63) is 65.6 Å². The summed E-state index contributed by atoms with van der Waals surface area (Å²) in [4.78, 5) is 26.8. The van der Waals surface area contributed by atoms with Gasteiger partial charge in [-0.05, 0) is 48.6 Å². The fourth-order valence-electron chi connectivity index (χ4n) is 3.14. The van der Waals surface area contributed by atoms with Crippen LogP contribution in [0.3, 0.4) is 0 Å². The van der Waals surface area contributed by atoms with Crippen LogP contribution in [0.5, 0.6) is 5.75 Å². The van der Waals surface area contributed by atoms with Crippen molar-refractivity contribution in [3.8, 4) is 17.1 Å². The summed E-state index contributed by atoms with van der Waals surface area (Å²) in [6.45, 7) is 6.60. The lowest BCUT2D eigenvalue weighted by Gasteiger charge is -2.19. The first-order valence-electron chi connectivity index (χ1n) is 9.64. The average molecular weight is 390 g/mol. The summed E-state index contributed by atoms with van der Waals surface area (Å²) in [6.07, 6.45) is 5.50. The highest BCUT2D eigenvalue weighted by Crippen LogP contribution is 2.27. The van der Waals surface area contributed by atoms with E-state index < -0.39 is 0 Å². The van der Waals surface area contributed by atoms with Crippen LogP contribution in [0.2, 0.25) is 0 Å². The van der Waals surface area contributed by atoms with Crippen LogP contribution in [0.25, 0.3) is 11.4 Å². The summed E-state index contributed by atoms with van der Waals surface area (Å²) in [5.41, 5.74) is 3.81. The van der Waals surface area contributed by atoms with Gasteiger partial charge in [-0.1, -0.05) is 32.0 Å². The molecule has 2 heterocycles. The van der Waals surface area contributed by atoms with Crippen LogP contribution in [-0.2, 0) is 17.8 Å². The molecule has 0 saturated heterocycles. The Morgan fingerprint density at radius 1 is 1.10 bits per heavy atom. The predicted molar refractivity (Wildman–Crippen MR) is 114 cm³/mol. The van der Waals surface area contributed by atoms with E-state index in [1.165, 1.54) is 4.90 Å². The fourth-order valence-corrected chi connectivity index (χ4v) is 3.14. The highest BCUT2D eigenvalue weighted by atomic mass is 16.5. The SMILES string of the molecule is COc1ccc(C)nc1N(C=O)Cc1cccc(-c2ncc(CC(C)C)cn2)c1. The van der Waals surface area contributed by atoms with Gasteiger partial charge in [0.05, 0.1) is 13.7 Å². The van der Waals surface area contributed by atoms with Crippen molar-refractivity contribution in [3.63, 3.8) is 0 Å². The number of ether oxygens (including phenoxy) is 1. The van der Waals surface area contributed by atoms with E-state index in [1.807, 2.05) is 55.7 Å². The molecule has 6 nitrogen and oxygen atoms in total. The van der Waals surface area contributed by atoms with E-state index in [0.29, 0.717) is 29.9 Å². The number of carbonyl (C=O) groups excluding carboxylic acids is 1. The number of benzene rings is 1. The molecule has 150 valence electrons. The number of hydrogen-bond acceptors (Lipinski definition) is 5. The van der Waals surface area contributed by atoms with Crippen LogP contribution < -0.4 is 9.64 Å². The second-order valence-electron chi connectivity index (χ2n) is 7.43. The summed E-state index contributed by atoms with van der Waals surface area (Å²) >= 11 is 0. The Hall–Kier alpha value is -3.28. The molecule has 0 N–H and O–H groups in total. The summed E-state index contributed by atoms with van der Waals surface area (Å²) < 4.78 is 5.37. The lowest BCUT2D eigenvalue weighted by atomic mass is 10.1. The molecule has 0 aliphatic heterocycles. The minimum Gasteiger partial charge on any atom is -0.493 e. The molecule has 6 heteroatoms. The third-order valence-electron chi connectivity index (χ3n) is 4.49. The number of nitrogens with zero attached hydrogens (tertiary/aromatic N) is 4. The number of rotatable bonds is 8. The molecule has 2 aromatic heterocycles. The molecule has 0 saturated carbocycles. The van der Waals surface area contributed by atoms with E-state index in [1.54, 1.807) is 7.11 Å². The van der Waals surface area contributed by atoms with Crippen molar-refractivity contribution in [2.45, 2.75) is 33.7 Å². The minimum atomic E-state index is 0.371. The normalized spacial score (nSPS) is 10.8. The van der Waals surface area contributed by atoms with Crippen molar-refractivity contribution in [1.29, 1.82) is 0 Å². The third-order valence-corrected chi connectivity index (χ3v) is 4.49. The van der Waals surface area contributed by atoms with Crippen LogP contribution in [-0.4, -0.2) is 28.5 Å². The minimum absolute atomic E-state index is 0.371. The Morgan fingerprint density at radius 3 is 2.52 bits per heavy atom. The molecule has 0 unspecified atom stereocenters. The maximum absolute atomic E-state index is 11.8. The molecule has 1 aromatic carbocycles. The monoisotopic (exact) mass is 390 g/mol. The fraction of sp³-hybridized carbons (Fsp3) is 0.304. The second-order valence-corrected chi connectivity index (χ2v) is 7.43. The predicted octanol–water partition coefficient (Wildman–Crippen LogP) is 4.22. The van der Waals surface area contributed by atoms with Crippen molar-refractivity contribution in [1.82, 2.24) is 15.0 Å². The number of methoxy groups -OCH3 is 1. The molecular weight excluding hydrogens is 364 g/mol. The Bertz CT molecular complexity index is 971. The van der Waals surface area contributed by atoms with Gasteiger partial charge in [0.2, 0.25) is 6.41 Å². The largest absolute Gasteiger partial charge is 0.493 e. The molecule has 0 aliphatic carbocycles. The summed E-state index contributed by atoms with van der Waals surface area (Å²) in [7, 11) is 1.57. The van der Waals surface area contributed by atoms with Crippen molar-refractivity contribution < 1.29 is 9.53 Å². The number of hydrogen-bond donors (Lipinski definition) is 0. The van der Waals surface area contributed by atoms with Gasteiger partial charge in [-0.3, -0.25) is 9.69 Å². The zero-order chi connectivity index (χ0) is 20.8. The zero-order valence-corrected chi connectivity index (χ0v) is 17.3. The molecule has 29 heavy (non-hydrogen) atoms. The number of aromatic nitrogens is 3. The van der Waals surface area contributed by atoms with E-state index >= 15 is 0 Å². The summed E-state index contributed by atoms with van der Waals surface area (Å²) in [6, 6.07) is 11.5. The third kappa shape index (κ3) is 5.16. The van der Waals surface area contributed by atoms with Gasteiger partial charge in [0.15, 0.2) is 17.4 Å². The summed E-state index contributed by atoms with van der Waals surface area (Å²) in [5.74, 6) is 2.29. The molecule has 0 atom stereocenters. The van der Waals surface area contributed by atoms with Gasteiger partial charge in [-0.2, -0.15) is 0 Å². The molecule has 0 fully saturated rings. The van der Waals surface area contributed by atoms with Gasteiger partial charge >= 0.3 is 0 Å². The molecular formula is C23H26N4O2. The molecule has 0 spiro atoms. The first kappa shape index (κ1) is 20.5. The van der Waals surface area contributed by atoms with Gasteiger partial charge in [-0.15, -0.1) is 0 Å². The zero-order valence-electron chi connectivity index (χ0n) is 17.3. The van der Waals surface area contributed by atoms with Crippen LogP contribution in [0.1, 0.15) is 30.7 Å². The number of amides is 1. The van der Waals surface area contributed by atoms with Gasteiger partial charge in [0.25, 0.3) is 0 Å². The van der Waals surface area contributed by atoms with Crippen molar-refractivity contribution in [2.75, 3.05) is 12.0 Å². The van der Waals surface area contributed by atoms with E-state index in [9.17, 15) is 4.79 Å². The number of pyridine rings is 1. The van der Waals surface area contributed by atoms with Crippen molar-refractivity contribution in [2.24, 2.45) is 5.92 Å². The lowest BCUT2D eigenvalue weighted by molar-refractivity contribution is -0.107. The van der Waals surface area contributed by atoms with Gasteiger partial charge in [0.1, 0.15) is 0 Å². The molecule has 0 aliphatic rings. The molecule has 0 bridgehead atoms. The van der Waals surface area contributed by atoms with Crippen LogP contribution in [0.15, 0.2) is 48.8 Å². The van der Waals surface area contributed by atoms with Crippen LogP contribution in [0, 0.1) is 12.8 Å². The van der Waals surface area contributed by atoms with E-state index in [0.717, 1.165) is 35.2 Å². The Labute approximate surface area is 171 Å². The first-order valence-corrected chi connectivity index (χ1v) is 9.64. The Kier molecular flexibility index (Phi) is 6.54. The smallest absolute Gasteiger partial charge is 0.215 e. The highest BCUT2D eigenvalue weighted by Gasteiger charge is 2.15. The summed E-state index contributed by atoms with van der Waals surface area (Å²) in [5, 5.41) is 0. The Balaban J connectivity index is 1.84. The van der Waals surface area contributed by atoms with Crippen molar-refractivity contribution >= 4 is 12.2 Å². The number of carbonyl (C=O) groups is 1. The van der Waals surface area contributed by atoms with Crippen LogP contribution in [0.4, 0.5) is 5.82 Å². The van der Waals surface area contributed by atoms with Gasteiger partial charge in [0, 0.05) is 23.7 Å². The van der Waals surface area contributed by atoms with Gasteiger partial charge in [-0.25, -0.2) is 15.0 Å². The van der Waals surface area contributed by atoms with E-state index in [4.69, 9.17) is 4.74 Å². The first-order chi connectivity index (χ1) is 14.0. The molecule has 3 aromatic rings.